The molecule has 0 spiro atoms. The molecule has 0 amide bonds. The first kappa shape index (κ1) is 13.5. The molecule has 100 valence electrons. The van der Waals surface area contributed by atoms with Crippen LogP contribution in [0.3, 0.4) is 0 Å². The van der Waals surface area contributed by atoms with Gasteiger partial charge in [-0.25, -0.2) is 4.98 Å². The van der Waals surface area contributed by atoms with Gasteiger partial charge >= 0.3 is 0 Å². The Bertz CT molecular complexity index is 503. The summed E-state index contributed by atoms with van der Waals surface area (Å²) in [6, 6.07) is 15.2. The first-order chi connectivity index (χ1) is 9.29. The van der Waals surface area contributed by atoms with Crippen molar-refractivity contribution in [3.05, 3.63) is 59.8 Å². The van der Waals surface area contributed by atoms with Crippen LogP contribution >= 0.6 is 0 Å². The molecule has 2 rings (SSSR count). The number of benzene rings is 1. The van der Waals surface area contributed by atoms with Gasteiger partial charge in [0.2, 0.25) is 5.88 Å². The predicted molar refractivity (Wildman–Crippen MR) is 73.9 cm³/mol. The average Bonchev–Trinajstić information content (AvgIpc) is 2.48. The van der Waals surface area contributed by atoms with Crippen molar-refractivity contribution in [3.8, 4) is 5.88 Å². The molecule has 4 nitrogen and oxygen atoms in total. The number of aromatic nitrogens is 1. The van der Waals surface area contributed by atoms with E-state index in [-0.39, 0.29) is 0 Å². The third-order valence-corrected chi connectivity index (χ3v) is 2.82. The number of hydrogen-bond acceptors (Lipinski definition) is 4. The van der Waals surface area contributed by atoms with E-state index in [9.17, 15) is 5.11 Å². The number of methoxy groups -OCH3 is 1. The number of ether oxygens (including phenoxy) is 1. The molecule has 2 aromatic rings. The van der Waals surface area contributed by atoms with E-state index in [2.05, 4.69) is 10.3 Å². The van der Waals surface area contributed by atoms with Crippen molar-refractivity contribution in [2.24, 2.45) is 0 Å². The van der Waals surface area contributed by atoms with Crippen molar-refractivity contribution in [3.63, 3.8) is 0 Å². The lowest BCUT2D eigenvalue weighted by atomic mass is 10.1. The topological polar surface area (TPSA) is 54.4 Å². The lowest BCUT2D eigenvalue weighted by molar-refractivity contribution is 0.174. The van der Waals surface area contributed by atoms with Crippen molar-refractivity contribution >= 4 is 0 Å². The zero-order valence-corrected chi connectivity index (χ0v) is 10.9. The van der Waals surface area contributed by atoms with Crippen LogP contribution in [-0.4, -0.2) is 23.7 Å². The molecule has 0 radical (unpaired) electrons. The molecular weight excluding hydrogens is 240 g/mol. The summed E-state index contributed by atoms with van der Waals surface area (Å²) in [5.74, 6) is 0.600. The number of nitrogens with zero attached hydrogens (tertiary/aromatic N) is 1. The minimum Gasteiger partial charge on any atom is -0.481 e. The van der Waals surface area contributed by atoms with Crippen LogP contribution in [0.5, 0.6) is 5.88 Å². The van der Waals surface area contributed by atoms with Crippen LogP contribution in [0, 0.1) is 0 Å². The number of rotatable bonds is 6. The third-order valence-electron chi connectivity index (χ3n) is 2.82. The van der Waals surface area contributed by atoms with Gasteiger partial charge in [-0.3, -0.25) is 0 Å². The molecule has 0 bridgehead atoms. The van der Waals surface area contributed by atoms with Gasteiger partial charge in [0.05, 0.1) is 18.9 Å². The Balaban J connectivity index is 1.83. The van der Waals surface area contributed by atoms with Crippen LogP contribution < -0.4 is 10.1 Å². The second kappa shape index (κ2) is 6.87. The second-order valence-corrected chi connectivity index (χ2v) is 4.23. The molecule has 0 saturated heterocycles. The molecule has 1 unspecified atom stereocenters. The summed E-state index contributed by atoms with van der Waals surface area (Å²) in [6.07, 6.45) is -0.508. The fourth-order valence-corrected chi connectivity index (χ4v) is 1.80. The molecule has 0 aliphatic heterocycles. The van der Waals surface area contributed by atoms with Crippen LogP contribution in [0.1, 0.15) is 17.4 Å². The van der Waals surface area contributed by atoms with E-state index in [0.717, 1.165) is 11.3 Å². The van der Waals surface area contributed by atoms with E-state index in [4.69, 9.17) is 4.74 Å². The van der Waals surface area contributed by atoms with Crippen LogP contribution in [0.15, 0.2) is 48.5 Å². The molecule has 0 fully saturated rings. The quantitative estimate of drug-likeness (QED) is 0.831. The summed E-state index contributed by atoms with van der Waals surface area (Å²) in [5.41, 5.74) is 1.80. The molecule has 0 aliphatic carbocycles. The lowest BCUT2D eigenvalue weighted by Crippen LogP contribution is -2.21. The van der Waals surface area contributed by atoms with Gasteiger partial charge in [0.15, 0.2) is 0 Å². The third kappa shape index (κ3) is 4.05. The fraction of sp³-hybridized carbons (Fsp3) is 0.267. The predicted octanol–water partition coefficient (Wildman–Crippen LogP) is 1.91. The maximum absolute atomic E-state index is 9.99. The average molecular weight is 258 g/mol. The highest BCUT2D eigenvalue weighted by atomic mass is 16.5. The van der Waals surface area contributed by atoms with E-state index in [1.54, 1.807) is 7.11 Å². The number of nitrogens with one attached hydrogen (secondary N) is 1. The van der Waals surface area contributed by atoms with Crippen LogP contribution in [-0.2, 0) is 6.54 Å². The van der Waals surface area contributed by atoms with Gasteiger partial charge in [0, 0.05) is 19.2 Å². The first-order valence-corrected chi connectivity index (χ1v) is 6.23. The van der Waals surface area contributed by atoms with Crippen molar-refractivity contribution < 1.29 is 9.84 Å². The van der Waals surface area contributed by atoms with E-state index in [1.807, 2.05) is 48.5 Å². The molecule has 4 heteroatoms. The lowest BCUT2D eigenvalue weighted by Gasteiger charge is -2.12. The summed E-state index contributed by atoms with van der Waals surface area (Å²) < 4.78 is 5.06. The van der Waals surface area contributed by atoms with Crippen LogP contribution in [0.4, 0.5) is 0 Å². The standard InChI is InChI=1S/C15H18N2O2/c1-19-15-9-5-8-13(17-15)10-16-11-14(18)12-6-3-2-4-7-12/h2-9,14,16,18H,10-11H2,1H3. The molecule has 1 aromatic carbocycles. The second-order valence-electron chi connectivity index (χ2n) is 4.23. The zero-order valence-electron chi connectivity index (χ0n) is 10.9. The maximum Gasteiger partial charge on any atom is 0.213 e. The Morgan fingerprint density at radius 2 is 1.95 bits per heavy atom. The Kier molecular flexibility index (Phi) is 4.89. The van der Waals surface area contributed by atoms with Crippen molar-refractivity contribution in [2.45, 2.75) is 12.6 Å². The Morgan fingerprint density at radius 3 is 2.68 bits per heavy atom. The Hall–Kier alpha value is -1.91. The van der Waals surface area contributed by atoms with Crippen molar-refractivity contribution in [2.75, 3.05) is 13.7 Å². The highest BCUT2D eigenvalue weighted by molar-refractivity contribution is 5.18. The van der Waals surface area contributed by atoms with Gasteiger partial charge in [0.1, 0.15) is 0 Å². The fourth-order valence-electron chi connectivity index (χ4n) is 1.80. The van der Waals surface area contributed by atoms with E-state index >= 15 is 0 Å². The summed E-state index contributed by atoms with van der Waals surface area (Å²) in [5, 5.41) is 13.2. The molecule has 0 saturated carbocycles. The number of aliphatic hydroxyl groups is 1. The molecular formula is C15H18N2O2. The van der Waals surface area contributed by atoms with Gasteiger partial charge in [-0.15, -0.1) is 0 Å². The molecule has 1 aromatic heterocycles. The summed E-state index contributed by atoms with van der Waals surface area (Å²) in [6.45, 7) is 1.09. The van der Waals surface area contributed by atoms with E-state index in [0.29, 0.717) is 19.0 Å². The highest BCUT2D eigenvalue weighted by Gasteiger charge is 2.06. The van der Waals surface area contributed by atoms with Crippen LogP contribution in [0.25, 0.3) is 0 Å². The molecule has 2 N–H and O–H groups in total. The number of pyridine rings is 1. The van der Waals surface area contributed by atoms with E-state index < -0.39 is 6.10 Å². The highest BCUT2D eigenvalue weighted by Crippen LogP contribution is 2.11. The van der Waals surface area contributed by atoms with Gasteiger partial charge in [-0.2, -0.15) is 0 Å². The van der Waals surface area contributed by atoms with Gasteiger partial charge < -0.3 is 15.2 Å². The monoisotopic (exact) mass is 258 g/mol. The van der Waals surface area contributed by atoms with Gasteiger partial charge in [0.25, 0.3) is 0 Å². The molecule has 1 heterocycles. The summed E-state index contributed by atoms with van der Waals surface area (Å²) >= 11 is 0. The molecule has 19 heavy (non-hydrogen) atoms. The minimum atomic E-state index is -0.508. The Labute approximate surface area is 113 Å². The first-order valence-electron chi connectivity index (χ1n) is 6.23. The number of aliphatic hydroxyl groups excluding tert-OH is 1. The minimum absolute atomic E-state index is 0.489. The van der Waals surface area contributed by atoms with Crippen molar-refractivity contribution in [1.29, 1.82) is 0 Å². The normalized spacial score (nSPS) is 12.1. The zero-order chi connectivity index (χ0) is 13.5. The maximum atomic E-state index is 9.99. The SMILES string of the molecule is COc1cccc(CNCC(O)c2ccccc2)n1. The Morgan fingerprint density at radius 1 is 1.16 bits per heavy atom. The van der Waals surface area contributed by atoms with Crippen molar-refractivity contribution in [1.82, 2.24) is 10.3 Å². The summed E-state index contributed by atoms with van der Waals surface area (Å²) in [7, 11) is 1.60. The summed E-state index contributed by atoms with van der Waals surface area (Å²) in [4.78, 5) is 4.29. The molecule has 1 atom stereocenters. The molecule has 0 aliphatic rings. The smallest absolute Gasteiger partial charge is 0.213 e. The van der Waals surface area contributed by atoms with Gasteiger partial charge in [-0.1, -0.05) is 36.4 Å². The van der Waals surface area contributed by atoms with E-state index in [1.165, 1.54) is 0 Å². The van der Waals surface area contributed by atoms with Crippen LogP contribution in [0.2, 0.25) is 0 Å². The van der Waals surface area contributed by atoms with Gasteiger partial charge in [-0.05, 0) is 11.6 Å². The number of hydrogen-bond donors (Lipinski definition) is 2. The largest absolute Gasteiger partial charge is 0.481 e.